The van der Waals surface area contributed by atoms with Crippen LogP contribution in [0.1, 0.15) is 20.8 Å². The molecular formula is C14H24N2. The average Bonchev–Trinajstić information content (AvgIpc) is 2.29. The second-order valence-corrected chi connectivity index (χ2v) is 3.44. The zero-order valence-electron chi connectivity index (χ0n) is 10.7. The summed E-state index contributed by atoms with van der Waals surface area (Å²) in [4.78, 5) is 2.20. The molecule has 0 atom stereocenters. The molecule has 0 aliphatic carbocycles. The zero-order valence-corrected chi connectivity index (χ0v) is 10.7. The topological polar surface area (TPSA) is 15.3 Å². The minimum absolute atomic E-state index is 0.831. The minimum atomic E-state index is 0.831. The summed E-state index contributed by atoms with van der Waals surface area (Å²) in [6.07, 6.45) is 12.5. The van der Waals surface area contributed by atoms with E-state index in [9.17, 15) is 0 Å². The monoisotopic (exact) mass is 220 g/mol. The maximum atomic E-state index is 4.05. The van der Waals surface area contributed by atoms with Gasteiger partial charge in [0.25, 0.3) is 0 Å². The highest BCUT2D eigenvalue weighted by atomic mass is 15.2. The van der Waals surface area contributed by atoms with Crippen LogP contribution in [-0.2, 0) is 0 Å². The zero-order chi connectivity index (χ0) is 12.2. The minimum Gasteiger partial charge on any atom is -0.369 e. The van der Waals surface area contributed by atoms with Gasteiger partial charge in [-0.25, -0.2) is 0 Å². The van der Waals surface area contributed by atoms with Gasteiger partial charge in [-0.2, -0.15) is 0 Å². The molecule has 0 aromatic heterocycles. The van der Waals surface area contributed by atoms with Crippen LogP contribution < -0.4 is 5.32 Å². The molecule has 0 radical (unpaired) electrons. The summed E-state index contributed by atoms with van der Waals surface area (Å²) in [6, 6.07) is 0. The molecule has 1 N–H and O–H groups in total. The van der Waals surface area contributed by atoms with Gasteiger partial charge in [0.15, 0.2) is 0 Å². The van der Waals surface area contributed by atoms with Gasteiger partial charge in [-0.1, -0.05) is 43.0 Å². The Kier molecular flexibility index (Phi) is 9.18. The van der Waals surface area contributed by atoms with Gasteiger partial charge in [0.05, 0.1) is 5.82 Å². The third-order valence-electron chi connectivity index (χ3n) is 2.16. The lowest BCUT2D eigenvalue weighted by atomic mass is 10.4. The van der Waals surface area contributed by atoms with Crippen molar-refractivity contribution in [3.63, 3.8) is 0 Å². The summed E-state index contributed by atoms with van der Waals surface area (Å²) in [7, 11) is 0. The normalized spacial score (nSPS) is 11.7. The van der Waals surface area contributed by atoms with Crippen molar-refractivity contribution < 1.29 is 0 Å². The molecule has 90 valence electrons. The van der Waals surface area contributed by atoms with E-state index in [4.69, 9.17) is 0 Å². The molecule has 0 aromatic rings. The van der Waals surface area contributed by atoms with Gasteiger partial charge in [0, 0.05) is 19.6 Å². The van der Waals surface area contributed by atoms with Gasteiger partial charge in [-0.15, -0.1) is 0 Å². The summed E-state index contributed by atoms with van der Waals surface area (Å²) >= 11 is 0. The Bertz CT molecular complexity index is 248. The predicted molar refractivity (Wildman–Crippen MR) is 73.2 cm³/mol. The maximum absolute atomic E-state index is 4.05. The summed E-state index contributed by atoms with van der Waals surface area (Å²) in [5, 5.41) is 3.28. The van der Waals surface area contributed by atoms with E-state index >= 15 is 0 Å². The smallest absolute Gasteiger partial charge is 0.0946 e. The van der Waals surface area contributed by atoms with Crippen molar-refractivity contribution in [3.05, 3.63) is 48.9 Å². The van der Waals surface area contributed by atoms with Gasteiger partial charge in [0.1, 0.15) is 0 Å². The standard InChI is InChI=1S/C14H24N2/c1-5-8-11-15-14(4)16(12-9-6-2)13-10-7-3/h5-10,15H,4,11-13H2,1-3H3. The first-order valence-corrected chi connectivity index (χ1v) is 5.77. The molecule has 0 rings (SSSR count). The van der Waals surface area contributed by atoms with Gasteiger partial charge >= 0.3 is 0 Å². The van der Waals surface area contributed by atoms with Crippen LogP contribution in [0.3, 0.4) is 0 Å². The van der Waals surface area contributed by atoms with Crippen LogP contribution >= 0.6 is 0 Å². The third kappa shape index (κ3) is 6.93. The number of rotatable bonds is 8. The van der Waals surface area contributed by atoms with Crippen molar-refractivity contribution in [1.82, 2.24) is 10.2 Å². The summed E-state index contributed by atoms with van der Waals surface area (Å²) in [6.45, 7) is 12.7. The molecule has 2 heteroatoms. The van der Waals surface area contributed by atoms with E-state index in [2.05, 4.69) is 47.2 Å². The van der Waals surface area contributed by atoms with Crippen molar-refractivity contribution >= 4 is 0 Å². The Hall–Kier alpha value is -1.44. The molecule has 0 unspecified atom stereocenters. The van der Waals surface area contributed by atoms with Crippen LogP contribution in [0.4, 0.5) is 0 Å². The Balaban J connectivity index is 4.19. The molecule has 0 fully saturated rings. The van der Waals surface area contributed by atoms with E-state index in [-0.39, 0.29) is 0 Å². The van der Waals surface area contributed by atoms with E-state index in [1.807, 2.05) is 26.8 Å². The Morgan fingerprint density at radius 2 is 1.50 bits per heavy atom. The van der Waals surface area contributed by atoms with Crippen LogP contribution in [0.25, 0.3) is 0 Å². The van der Waals surface area contributed by atoms with Gasteiger partial charge in [0.2, 0.25) is 0 Å². The third-order valence-corrected chi connectivity index (χ3v) is 2.16. The van der Waals surface area contributed by atoms with Gasteiger partial charge in [-0.3, -0.25) is 0 Å². The predicted octanol–water partition coefficient (Wildman–Crippen LogP) is 3.08. The maximum Gasteiger partial charge on any atom is 0.0946 e. The number of hydrogen-bond acceptors (Lipinski definition) is 2. The number of nitrogens with one attached hydrogen (secondary N) is 1. The van der Waals surface area contributed by atoms with Crippen molar-refractivity contribution in [2.75, 3.05) is 19.6 Å². The molecule has 0 aliphatic rings. The molecule has 0 amide bonds. The van der Waals surface area contributed by atoms with Crippen molar-refractivity contribution in [2.24, 2.45) is 0 Å². The van der Waals surface area contributed by atoms with E-state index < -0.39 is 0 Å². The van der Waals surface area contributed by atoms with E-state index in [0.29, 0.717) is 0 Å². The van der Waals surface area contributed by atoms with Gasteiger partial charge < -0.3 is 10.2 Å². The Morgan fingerprint density at radius 3 is 1.94 bits per heavy atom. The summed E-state index contributed by atoms with van der Waals surface area (Å²) in [5.41, 5.74) is 0. The lowest BCUT2D eigenvalue weighted by Crippen LogP contribution is -2.31. The molecule has 0 bridgehead atoms. The molecule has 0 aromatic carbocycles. The average molecular weight is 220 g/mol. The van der Waals surface area contributed by atoms with Crippen LogP contribution in [0.15, 0.2) is 48.9 Å². The lowest BCUT2D eigenvalue weighted by molar-refractivity contribution is 0.392. The number of allylic oxidation sites excluding steroid dienone is 3. The quantitative estimate of drug-likeness (QED) is 0.632. The molecule has 0 aliphatic heterocycles. The first kappa shape index (κ1) is 14.6. The largest absolute Gasteiger partial charge is 0.369 e. The highest BCUT2D eigenvalue weighted by Gasteiger charge is 2.01. The van der Waals surface area contributed by atoms with Gasteiger partial charge in [-0.05, 0) is 20.8 Å². The van der Waals surface area contributed by atoms with E-state index in [0.717, 1.165) is 25.5 Å². The second-order valence-electron chi connectivity index (χ2n) is 3.44. The second kappa shape index (κ2) is 10.1. The SMILES string of the molecule is C=C(NCC=CC)N(CC=CC)CC=CC. The van der Waals surface area contributed by atoms with Crippen LogP contribution in [0.5, 0.6) is 0 Å². The molecule has 2 nitrogen and oxygen atoms in total. The summed E-state index contributed by atoms with van der Waals surface area (Å²) in [5.74, 6) is 0.967. The summed E-state index contributed by atoms with van der Waals surface area (Å²) < 4.78 is 0. The molecule has 16 heavy (non-hydrogen) atoms. The Labute approximate surface area is 100 Å². The number of hydrogen-bond donors (Lipinski definition) is 1. The molecule has 0 heterocycles. The molecule has 0 saturated carbocycles. The fourth-order valence-corrected chi connectivity index (χ4v) is 1.17. The van der Waals surface area contributed by atoms with E-state index in [1.165, 1.54) is 0 Å². The molecule has 0 spiro atoms. The first-order valence-electron chi connectivity index (χ1n) is 5.77. The fraction of sp³-hybridized carbons (Fsp3) is 0.429. The van der Waals surface area contributed by atoms with Crippen LogP contribution in [-0.4, -0.2) is 24.5 Å². The Morgan fingerprint density at radius 1 is 1.00 bits per heavy atom. The van der Waals surface area contributed by atoms with Crippen LogP contribution in [0, 0.1) is 0 Å². The number of nitrogens with zero attached hydrogens (tertiary/aromatic N) is 1. The van der Waals surface area contributed by atoms with E-state index in [1.54, 1.807) is 0 Å². The van der Waals surface area contributed by atoms with Crippen molar-refractivity contribution in [3.8, 4) is 0 Å². The van der Waals surface area contributed by atoms with Crippen molar-refractivity contribution in [1.29, 1.82) is 0 Å². The highest BCUT2D eigenvalue weighted by Crippen LogP contribution is 1.99. The molecule has 0 saturated heterocycles. The lowest BCUT2D eigenvalue weighted by Gasteiger charge is -2.24. The fourth-order valence-electron chi connectivity index (χ4n) is 1.17. The highest BCUT2D eigenvalue weighted by molar-refractivity contribution is 5.00. The van der Waals surface area contributed by atoms with Crippen LogP contribution in [0.2, 0.25) is 0 Å². The molecular weight excluding hydrogens is 196 g/mol. The first-order chi connectivity index (χ1) is 7.76. The van der Waals surface area contributed by atoms with Crippen molar-refractivity contribution in [2.45, 2.75) is 20.8 Å².